The third-order valence-corrected chi connectivity index (χ3v) is 2.43. The highest BCUT2D eigenvalue weighted by molar-refractivity contribution is 5.55. The first kappa shape index (κ1) is 11.5. The number of rotatable bonds is 4. The van der Waals surface area contributed by atoms with Gasteiger partial charge in [0.15, 0.2) is 0 Å². The van der Waals surface area contributed by atoms with E-state index in [-0.39, 0.29) is 10.6 Å². The predicted molar refractivity (Wildman–Crippen MR) is 61.2 cm³/mol. The molecule has 1 N–H and O–H groups in total. The normalized spacial score (nSPS) is 12.2. The molecule has 0 aliphatic heterocycles. The molecule has 0 saturated carbocycles. The molecule has 1 aromatic carbocycles. The van der Waals surface area contributed by atoms with Crippen LogP contribution in [0.5, 0.6) is 0 Å². The van der Waals surface area contributed by atoms with Gasteiger partial charge in [0.1, 0.15) is 0 Å². The molecule has 1 unspecified atom stereocenters. The van der Waals surface area contributed by atoms with Crippen LogP contribution >= 0.6 is 0 Å². The predicted octanol–water partition coefficient (Wildman–Crippen LogP) is 3.11. The molecule has 82 valence electrons. The fraction of sp³-hybridized carbons (Fsp3) is 0.455. The van der Waals surface area contributed by atoms with Crippen LogP contribution in [0.3, 0.4) is 0 Å². The molecule has 0 heterocycles. The van der Waals surface area contributed by atoms with Crippen LogP contribution in [0.2, 0.25) is 0 Å². The van der Waals surface area contributed by atoms with Gasteiger partial charge in [-0.3, -0.25) is 10.1 Å². The average molecular weight is 208 g/mol. The molecule has 4 heteroatoms. The fourth-order valence-electron chi connectivity index (χ4n) is 1.28. The van der Waals surface area contributed by atoms with Crippen molar-refractivity contribution in [2.75, 3.05) is 5.32 Å². The van der Waals surface area contributed by atoms with Gasteiger partial charge >= 0.3 is 0 Å². The molecule has 1 atom stereocenters. The zero-order valence-corrected chi connectivity index (χ0v) is 9.28. The van der Waals surface area contributed by atoms with Crippen LogP contribution in [-0.2, 0) is 0 Å². The maximum Gasteiger partial charge on any atom is 0.274 e. The molecule has 0 aromatic heterocycles. The van der Waals surface area contributed by atoms with Crippen LogP contribution in [0.15, 0.2) is 18.2 Å². The van der Waals surface area contributed by atoms with E-state index >= 15 is 0 Å². The Hall–Kier alpha value is -1.58. The van der Waals surface area contributed by atoms with Crippen molar-refractivity contribution in [2.24, 2.45) is 0 Å². The maximum atomic E-state index is 10.7. The van der Waals surface area contributed by atoms with Crippen LogP contribution in [0.4, 0.5) is 11.4 Å². The maximum absolute atomic E-state index is 10.7. The largest absolute Gasteiger partial charge is 0.382 e. The lowest BCUT2D eigenvalue weighted by Crippen LogP contribution is -2.13. The number of anilines is 1. The first-order chi connectivity index (χ1) is 7.04. The lowest BCUT2D eigenvalue weighted by molar-refractivity contribution is -0.385. The number of benzene rings is 1. The van der Waals surface area contributed by atoms with Crippen LogP contribution in [-0.4, -0.2) is 11.0 Å². The molecular weight excluding hydrogens is 192 g/mol. The van der Waals surface area contributed by atoms with Crippen molar-refractivity contribution < 1.29 is 4.92 Å². The Morgan fingerprint density at radius 3 is 2.73 bits per heavy atom. The van der Waals surface area contributed by atoms with Crippen LogP contribution in [0.25, 0.3) is 0 Å². The van der Waals surface area contributed by atoms with E-state index in [4.69, 9.17) is 0 Å². The number of nitro groups is 1. The lowest BCUT2D eigenvalue weighted by Gasteiger charge is -2.12. The van der Waals surface area contributed by atoms with Crippen molar-refractivity contribution in [3.8, 4) is 0 Å². The number of nitrogens with one attached hydrogen (secondary N) is 1. The van der Waals surface area contributed by atoms with Crippen molar-refractivity contribution in [2.45, 2.75) is 33.2 Å². The van der Waals surface area contributed by atoms with Crippen LogP contribution in [0.1, 0.15) is 25.8 Å². The minimum Gasteiger partial charge on any atom is -0.382 e. The number of nitrogens with zero attached hydrogens (tertiary/aromatic N) is 1. The second kappa shape index (κ2) is 4.77. The average Bonchev–Trinajstić information content (AvgIpc) is 2.20. The zero-order valence-electron chi connectivity index (χ0n) is 9.28. The highest BCUT2D eigenvalue weighted by atomic mass is 16.6. The highest BCUT2D eigenvalue weighted by Crippen LogP contribution is 2.22. The molecule has 0 aliphatic rings. The highest BCUT2D eigenvalue weighted by Gasteiger charge is 2.11. The van der Waals surface area contributed by atoms with Gasteiger partial charge in [0.2, 0.25) is 0 Å². The van der Waals surface area contributed by atoms with E-state index in [2.05, 4.69) is 12.2 Å². The van der Waals surface area contributed by atoms with Gasteiger partial charge in [-0.15, -0.1) is 0 Å². The lowest BCUT2D eigenvalue weighted by atomic mass is 10.1. The minimum atomic E-state index is -0.350. The summed E-state index contributed by atoms with van der Waals surface area (Å²) in [6.07, 6.45) is 0.988. The molecule has 0 radical (unpaired) electrons. The molecule has 0 aliphatic carbocycles. The smallest absolute Gasteiger partial charge is 0.274 e. The Labute approximate surface area is 89.5 Å². The minimum absolute atomic E-state index is 0.170. The molecule has 0 spiro atoms. The van der Waals surface area contributed by atoms with Crippen LogP contribution in [0, 0.1) is 17.0 Å². The Morgan fingerprint density at radius 2 is 2.20 bits per heavy atom. The van der Waals surface area contributed by atoms with E-state index < -0.39 is 0 Å². The SMILES string of the molecule is CCC(C)Nc1ccc(C)c([N+](=O)[O-])c1. The molecule has 0 bridgehead atoms. The first-order valence-corrected chi connectivity index (χ1v) is 5.06. The van der Waals surface area contributed by atoms with Crippen molar-refractivity contribution in [3.63, 3.8) is 0 Å². The molecule has 1 aromatic rings. The van der Waals surface area contributed by atoms with Gasteiger partial charge in [-0.1, -0.05) is 13.0 Å². The standard InChI is InChI=1S/C11H16N2O2/c1-4-9(3)12-10-6-5-8(2)11(7-10)13(14)15/h5-7,9,12H,4H2,1-3H3. The Kier molecular flexibility index (Phi) is 3.66. The molecule has 0 saturated heterocycles. The summed E-state index contributed by atoms with van der Waals surface area (Å²) in [6, 6.07) is 5.55. The van der Waals surface area contributed by atoms with E-state index in [1.807, 2.05) is 13.0 Å². The third-order valence-electron chi connectivity index (χ3n) is 2.43. The topological polar surface area (TPSA) is 55.2 Å². The summed E-state index contributed by atoms with van der Waals surface area (Å²) in [5.41, 5.74) is 1.67. The summed E-state index contributed by atoms with van der Waals surface area (Å²) in [4.78, 5) is 10.4. The van der Waals surface area contributed by atoms with Crippen molar-refractivity contribution >= 4 is 11.4 Å². The van der Waals surface area contributed by atoms with Gasteiger partial charge in [0.05, 0.1) is 4.92 Å². The second-order valence-corrected chi connectivity index (χ2v) is 3.71. The number of nitro benzene ring substituents is 1. The van der Waals surface area contributed by atoms with E-state index in [9.17, 15) is 10.1 Å². The summed E-state index contributed by atoms with van der Waals surface area (Å²) in [5.74, 6) is 0. The molecule has 4 nitrogen and oxygen atoms in total. The molecular formula is C11H16N2O2. The van der Waals surface area contributed by atoms with Gasteiger partial charge in [-0.05, 0) is 26.3 Å². The Balaban J connectivity index is 2.92. The molecule has 1 rings (SSSR count). The van der Waals surface area contributed by atoms with Gasteiger partial charge in [0.25, 0.3) is 5.69 Å². The summed E-state index contributed by atoms with van der Waals surface area (Å²) < 4.78 is 0. The third kappa shape index (κ3) is 2.94. The molecule has 0 fully saturated rings. The molecule has 0 amide bonds. The summed E-state index contributed by atoms with van der Waals surface area (Å²) >= 11 is 0. The van der Waals surface area contributed by atoms with Crippen molar-refractivity contribution in [1.29, 1.82) is 0 Å². The van der Waals surface area contributed by atoms with E-state index in [0.717, 1.165) is 12.1 Å². The summed E-state index contributed by atoms with van der Waals surface area (Å²) in [6.45, 7) is 5.86. The zero-order chi connectivity index (χ0) is 11.4. The Morgan fingerprint density at radius 1 is 1.53 bits per heavy atom. The van der Waals surface area contributed by atoms with Crippen molar-refractivity contribution in [1.82, 2.24) is 0 Å². The van der Waals surface area contributed by atoms with Crippen LogP contribution < -0.4 is 5.32 Å². The van der Waals surface area contributed by atoms with E-state index in [1.165, 1.54) is 0 Å². The number of hydrogen-bond acceptors (Lipinski definition) is 3. The summed E-state index contributed by atoms with van der Waals surface area (Å²) in [5, 5.41) is 13.9. The summed E-state index contributed by atoms with van der Waals surface area (Å²) in [7, 11) is 0. The molecule has 15 heavy (non-hydrogen) atoms. The van der Waals surface area contributed by atoms with E-state index in [1.54, 1.807) is 19.1 Å². The van der Waals surface area contributed by atoms with Gasteiger partial charge < -0.3 is 5.32 Å². The van der Waals surface area contributed by atoms with Gasteiger partial charge in [-0.25, -0.2) is 0 Å². The second-order valence-electron chi connectivity index (χ2n) is 3.71. The van der Waals surface area contributed by atoms with Gasteiger partial charge in [0, 0.05) is 23.4 Å². The monoisotopic (exact) mass is 208 g/mol. The van der Waals surface area contributed by atoms with Gasteiger partial charge in [-0.2, -0.15) is 0 Å². The quantitative estimate of drug-likeness (QED) is 0.611. The first-order valence-electron chi connectivity index (χ1n) is 5.06. The fourth-order valence-corrected chi connectivity index (χ4v) is 1.28. The number of aryl methyl sites for hydroxylation is 1. The van der Waals surface area contributed by atoms with E-state index in [0.29, 0.717) is 11.6 Å². The van der Waals surface area contributed by atoms with Crippen molar-refractivity contribution in [3.05, 3.63) is 33.9 Å². The Bertz CT molecular complexity index is 364. The number of hydrogen-bond donors (Lipinski definition) is 1.